The van der Waals surface area contributed by atoms with Gasteiger partial charge in [-0.05, 0) is 31.1 Å². The first-order valence-corrected chi connectivity index (χ1v) is 8.24. The summed E-state index contributed by atoms with van der Waals surface area (Å²) >= 11 is 1.62. The predicted molar refractivity (Wildman–Crippen MR) is 91.3 cm³/mol. The molecular formula is C15H26ClN3OS. The number of aryl methyl sites for hydroxylation is 2. The second-order valence-corrected chi connectivity index (χ2v) is 7.72. The Morgan fingerprint density at radius 2 is 1.86 bits per heavy atom. The molecule has 4 nitrogen and oxygen atoms in total. The number of hydrogen-bond acceptors (Lipinski definition) is 4. The first-order chi connectivity index (χ1) is 9.38. The van der Waals surface area contributed by atoms with E-state index in [1.807, 2.05) is 20.8 Å². The van der Waals surface area contributed by atoms with E-state index in [-0.39, 0.29) is 23.7 Å². The van der Waals surface area contributed by atoms with Crippen molar-refractivity contribution >= 4 is 34.8 Å². The smallest absolute Gasteiger partial charge is 0.243 e. The third-order valence-corrected chi connectivity index (χ3v) is 4.86. The van der Waals surface area contributed by atoms with Crippen molar-refractivity contribution in [2.45, 2.75) is 65.3 Å². The fraction of sp³-hybridized carbons (Fsp3) is 0.733. The van der Waals surface area contributed by atoms with Crippen LogP contribution in [0.25, 0.3) is 0 Å². The van der Waals surface area contributed by atoms with E-state index in [0.29, 0.717) is 5.13 Å². The van der Waals surface area contributed by atoms with Gasteiger partial charge in [0.25, 0.3) is 0 Å². The van der Waals surface area contributed by atoms with Crippen molar-refractivity contribution < 1.29 is 4.79 Å². The van der Waals surface area contributed by atoms with E-state index in [1.165, 1.54) is 36.3 Å². The molecule has 0 fully saturated rings. The molecular weight excluding hydrogens is 306 g/mol. The molecule has 0 unspecified atom stereocenters. The molecule has 3 N–H and O–H groups in total. The van der Waals surface area contributed by atoms with Crippen molar-refractivity contribution in [3.63, 3.8) is 0 Å². The summed E-state index contributed by atoms with van der Waals surface area (Å²) < 4.78 is 0. The first kappa shape index (κ1) is 18.4. The quantitative estimate of drug-likeness (QED) is 0.871. The molecule has 0 saturated heterocycles. The number of thiazole rings is 1. The standard InChI is InChI=1S/C15H25N3OS.ClH/c1-15(2,3)12(16)13(19)18-14-17-10-8-6-4-5-7-9-11(10)20-14;/h12H,4-9,16H2,1-3H3,(H,17,18,19);1H/t12-;/m1./s1. The second-order valence-electron chi connectivity index (χ2n) is 6.64. The van der Waals surface area contributed by atoms with E-state index in [9.17, 15) is 4.79 Å². The van der Waals surface area contributed by atoms with E-state index >= 15 is 0 Å². The topological polar surface area (TPSA) is 68.0 Å². The lowest BCUT2D eigenvalue weighted by atomic mass is 9.87. The van der Waals surface area contributed by atoms with Crippen molar-refractivity contribution in [3.8, 4) is 0 Å². The molecule has 6 heteroatoms. The molecule has 1 aromatic heterocycles. The van der Waals surface area contributed by atoms with Crippen LogP contribution in [-0.4, -0.2) is 16.9 Å². The summed E-state index contributed by atoms with van der Waals surface area (Å²) in [6.07, 6.45) is 7.14. The Balaban J connectivity index is 0.00000220. The monoisotopic (exact) mass is 331 g/mol. The minimum atomic E-state index is -0.519. The second kappa shape index (κ2) is 7.56. The van der Waals surface area contributed by atoms with Gasteiger partial charge in [-0.2, -0.15) is 0 Å². The van der Waals surface area contributed by atoms with E-state index in [4.69, 9.17) is 5.73 Å². The largest absolute Gasteiger partial charge is 0.319 e. The number of amides is 1. The molecule has 120 valence electrons. The van der Waals surface area contributed by atoms with Crippen LogP contribution in [0.2, 0.25) is 0 Å². The zero-order valence-corrected chi connectivity index (χ0v) is 14.7. The Kier molecular flexibility index (Phi) is 6.63. The average molecular weight is 332 g/mol. The van der Waals surface area contributed by atoms with Crippen LogP contribution in [0.4, 0.5) is 5.13 Å². The van der Waals surface area contributed by atoms with Gasteiger partial charge in [0.2, 0.25) is 5.91 Å². The van der Waals surface area contributed by atoms with Crippen molar-refractivity contribution in [2.75, 3.05) is 5.32 Å². The van der Waals surface area contributed by atoms with E-state index < -0.39 is 6.04 Å². The third kappa shape index (κ3) is 4.94. The maximum Gasteiger partial charge on any atom is 0.243 e. The predicted octanol–water partition coefficient (Wildman–Crippen LogP) is 3.54. The lowest BCUT2D eigenvalue weighted by Crippen LogP contribution is -2.45. The lowest BCUT2D eigenvalue weighted by Gasteiger charge is -2.25. The van der Waals surface area contributed by atoms with Gasteiger partial charge in [-0.3, -0.25) is 4.79 Å². The highest BCUT2D eigenvalue weighted by molar-refractivity contribution is 7.15. The Bertz CT molecular complexity index is 456. The molecule has 0 radical (unpaired) electrons. The number of aromatic nitrogens is 1. The number of carbonyl (C=O) groups is 1. The minimum Gasteiger partial charge on any atom is -0.319 e. The maximum absolute atomic E-state index is 12.1. The summed E-state index contributed by atoms with van der Waals surface area (Å²) in [6, 6.07) is -0.519. The first-order valence-electron chi connectivity index (χ1n) is 7.43. The number of nitrogens with one attached hydrogen (secondary N) is 1. The number of hydrogen-bond donors (Lipinski definition) is 2. The molecule has 1 aliphatic rings. The highest BCUT2D eigenvalue weighted by atomic mass is 35.5. The molecule has 21 heavy (non-hydrogen) atoms. The summed E-state index contributed by atoms with van der Waals surface area (Å²) in [4.78, 5) is 18.1. The lowest BCUT2D eigenvalue weighted by molar-refractivity contribution is -0.119. The van der Waals surface area contributed by atoms with Crippen LogP contribution in [0.15, 0.2) is 0 Å². The summed E-state index contributed by atoms with van der Waals surface area (Å²) in [6.45, 7) is 5.91. The van der Waals surface area contributed by atoms with Gasteiger partial charge in [-0.1, -0.05) is 33.6 Å². The summed E-state index contributed by atoms with van der Waals surface area (Å²) in [5, 5.41) is 3.60. The van der Waals surface area contributed by atoms with Crippen LogP contribution >= 0.6 is 23.7 Å². The molecule has 0 saturated carbocycles. The van der Waals surface area contributed by atoms with Crippen molar-refractivity contribution in [2.24, 2.45) is 11.1 Å². The fourth-order valence-electron chi connectivity index (χ4n) is 2.34. The Morgan fingerprint density at radius 3 is 2.48 bits per heavy atom. The number of rotatable bonds is 2. The van der Waals surface area contributed by atoms with Gasteiger partial charge in [-0.15, -0.1) is 23.7 Å². The van der Waals surface area contributed by atoms with Crippen LogP contribution in [0.3, 0.4) is 0 Å². The van der Waals surface area contributed by atoms with Gasteiger partial charge < -0.3 is 11.1 Å². The van der Waals surface area contributed by atoms with Gasteiger partial charge in [0.15, 0.2) is 5.13 Å². The molecule has 1 aliphatic carbocycles. The molecule has 0 aromatic carbocycles. The van der Waals surface area contributed by atoms with Gasteiger partial charge >= 0.3 is 0 Å². The Labute approximate surface area is 137 Å². The number of anilines is 1. The van der Waals surface area contributed by atoms with Gasteiger partial charge in [-0.25, -0.2) is 4.98 Å². The van der Waals surface area contributed by atoms with Crippen molar-refractivity contribution in [1.82, 2.24) is 4.98 Å². The average Bonchev–Trinajstić information content (AvgIpc) is 2.68. The molecule has 0 aliphatic heterocycles. The molecule has 1 heterocycles. The Morgan fingerprint density at radius 1 is 1.24 bits per heavy atom. The van der Waals surface area contributed by atoms with Crippen molar-refractivity contribution in [1.29, 1.82) is 0 Å². The number of nitrogens with two attached hydrogens (primary N) is 1. The van der Waals surface area contributed by atoms with E-state index in [0.717, 1.165) is 12.8 Å². The third-order valence-electron chi connectivity index (χ3n) is 3.79. The summed E-state index contributed by atoms with van der Waals surface area (Å²) in [5.74, 6) is -0.140. The molecule has 1 aromatic rings. The van der Waals surface area contributed by atoms with Gasteiger partial charge in [0.1, 0.15) is 0 Å². The number of halogens is 1. The zero-order valence-electron chi connectivity index (χ0n) is 13.1. The molecule has 2 rings (SSSR count). The molecule has 1 atom stereocenters. The van der Waals surface area contributed by atoms with Crippen LogP contribution in [0, 0.1) is 5.41 Å². The zero-order chi connectivity index (χ0) is 14.8. The SMILES string of the molecule is CC(C)(C)[C@H](N)C(=O)Nc1nc2c(s1)CCCCCC2.Cl. The van der Waals surface area contributed by atoms with Crippen LogP contribution in [0.1, 0.15) is 57.0 Å². The highest BCUT2D eigenvalue weighted by Crippen LogP contribution is 2.29. The maximum atomic E-state index is 12.1. The highest BCUT2D eigenvalue weighted by Gasteiger charge is 2.28. The van der Waals surface area contributed by atoms with Gasteiger partial charge in [0.05, 0.1) is 11.7 Å². The van der Waals surface area contributed by atoms with E-state index in [1.54, 1.807) is 11.3 Å². The van der Waals surface area contributed by atoms with Crippen LogP contribution in [-0.2, 0) is 17.6 Å². The normalized spacial score (nSPS) is 17.0. The number of carbonyl (C=O) groups excluding carboxylic acids is 1. The molecule has 0 bridgehead atoms. The van der Waals surface area contributed by atoms with Crippen LogP contribution < -0.4 is 11.1 Å². The minimum absolute atomic E-state index is 0. The number of nitrogens with zero attached hydrogens (tertiary/aromatic N) is 1. The molecule has 1 amide bonds. The molecule has 0 spiro atoms. The van der Waals surface area contributed by atoms with Crippen molar-refractivity contribution in [3.05, 3.63) is 10.6 Å². The number of fused-ring (bicyclic) bond motifs is 1. The van der Waals surface area contributed by atoms with E-state index in [2.05, 4.69) is 10.3 Å². The summed E-state index contributed by atoms with van der Waals surface area (Å²) in [5.41, 5.74) is 6.91. The van der Waals surface area contributed by atoms with Crippen LogP contribution in [0.5, 0.6) is 0 Å². The fourth-order valence-corrected chi connectivity index (χ4v) is 3.39. The summed E-state index contributed by atoms with van der Waals surface area (Å²) in [7, 11) is 0. The Hall–Kier alpha value is -0.650. The van der Waals surface area contributed by atoms with Gasteiger partial charge in [0, 0.05) is 4.88 Å².